The van der Waals surface area contributed by atoms with Gasteiger partial charge in [0.05, 0.1) is 4.92 Å². The Kier molecular flexibility index (Phi) is 4.60. The van der Waals surface area contributed by atoms with Gasteiger partial charge in [0.1, 0.15) is 5.57 Å². The van der Waals surface area contributed by atoms with E-state index in [1.54, 1.807) is 18.2 Å². The summed E-state index contributed by atoms with van der Waals surface area (Å²) in [4.78, 5) is 48.8. The van der Waals surface area contributed by atoms with E-state index in [9.17, 15) is 24.5 Å². The van der Waals surface area contributed by atoms with Crippen molar-refractivity contribution in [2.75, 3.05) is 14.1 Å². The van der Waals surface area contributed by atoms with Crippen LogP contribution in [0.3, 0.4) is 0 Å². The van der Waals surface area contributed by atoms with Gasteiger partial charge in [-0.2, -0.15) is 0 Å². The molecule has 0 atom stereocenters. The van der Waals surface area contributed by atoms with Crippen LogP contribution in [0.1, 0.15) is 17.0 Å². The first-order chi connectivity index (χ1) is 13.1. The summed E-state index contributed by atoms with van der Waals surface area (Å²) in [5, 5.41) is 10.8. The van der Waals surface area contributed by atoms with Gasteiger partial charge < -0.3 is 4.57 Å². The van der Waals surface area contributed by atoms with Crippen LogP contribution in [-0.4, -0.2) is 51.2 Å². The summed E-state index contributed by atoms with van der Waals surface area (Å²) in [5.74, 6) is -1.32. The van der Waals surface area contributed by atoms with Crippen molar-refractivity contribution in [3.63, 3.8) is 0 Å². The largest absolute Gasteiger partial charge is 0.333 e. The molecule has 0 bridgehead atoms. The average Bonchev–Trinajstić information content (AvgIpc) is 2.95. The molecule has 1 fully saturated rings. The van der Waals surface area contributed by atoms with Crippen LogP contribution in [0.2, 0.25) is 0 Å². The van der Waals surface area contributed by atoms with Gasteiger partial charge in [-0.15, -0.1) is 0 Å². The fourth-order valence-electron chi connectivity index (χ4n) is 3.19. The number of nitro groups is 1. The van der Waals surface area contributed by atoms with Gasteiger partial charge in [-0.3, -0.25) is 29.5 Å². The highest BCUT2D eigenvalue weighted by Crippen LogP contribution is 2.26. The highest BCUT2D eigenvalue weighted by Gasteiger charge is 2.38. The van der Waals surface area contributed by atoms with Gasteiger partial charge in [0, 0.05) is 43.3 Å². The Hall–Kier alpha value is -3.75. The Bertz CT molecular complexity index is 1020. The predicted octanol–water partition coefficient (Wildman–Crippen LogP) is 2.44. The van der Waals surface area contributed by atoms with Crippen LogP contribution in [0.25, 0.3) is 11.8 Å². The molecule has 1 aliphatic rings. The van der Waals surface area contributed by atoms with Crippen LogP contribution in [0.15, 0.2) is 35.9 Å². The lowest BCUT2D eigenvalue weighted by molar-refractivity contribution is -0.384. The van der Waals surface area contributed by atoms with Gasteiger partial charge in [-0.05, 0) is 43.7 Å². The third-order valence-corrected chi connectivity index (χ3v) is 4.73. The fourth-order valence-corrected chi connectivity index (χ4v) is 3.19. The SMILES string of the molecule is Cc1cc(C=C2C(=O)N(C)C(=O)N(C)C2=O)c(C)n1-c1ccc([N+](=O)[O-])cc1. The Morgan fingerprint density at radius 1 is 0.964 bits per heavy atom. The number of carbonyl (C=O) groups is 3. The van der Waals surface area contributed by atoms with Crippen LogP contribution < -0.4 is 0 Å². The normalized spacial score (nSPS) is 14.7. The molecule has 28 heavy (non-hydrogen) atoms. The quantitative estimate of drug-likeness (QED) is 0.351. The van der Waals surface area contributed by atoms with E-state index >= 15 is 0 Å². The van der Waals surface area contributed by atoms with Crippen molar-refractivity contribution >= 4 is 29.6 Å². The first-order valence-corrected chi connectivity index (χ1v) is 8.39. The second-order valence-electron chi connectivity index (χ2n) is 6.50. The minimum Gasteiger partial charge on any atom is -0.318 e. The van der Waals surface area contributed by atoms with Gasteiger partial charge in [0.15, 0.2) is 0 Å². The highest BCUT2D eigenvalue weighted by molar-refractivity contribution is 6.30. The molecule has 4 amide bonds. The van der Waals surface area contributed by atoms with Gasteiger partial charge in [0.2, 0.25) is 0 Å². The molecule has 9 nitrogen and oxygen atoms in total. The molecule has 1 aliphatic heterocycles. The number of hydrogen-bond donors (Lipinski definition) is 0. The highest BCUT2D eigenvalue weighted by atomic mass is 16.6. The van der Waals surface area contributed by atoms with Crippen molar-refractivity contribution in [3.05, 3.63) is 63.0 Å². The van der Waals surface area contributed by atoms with Gasteiger partial charge in [-0.1, -0.05) is 0 Å². The van der Waals surface area contributed by atoms with Crippen molar-refractivity contribution in [3.8, 4) is 5.69 Å². The fraction of sp³-hybridized carbons (Fsp3) is 0.211. The van der Waals surface area contributed by atoms with Crippen LogP contribution in [0.5, 0.6) is 0 Å². The van der Waals surface area contributed by atoms with Crippen LogP contribution in [0, 0.1) is 24.0 Å². The van der Waals surface area contributed by atoms with Crippen molar-refractivity contribution < 1.29 is 19.3 Å². The van der Waals surface area contributed by atoms with E-state index in [2.05, 4.69) is 0 Å². The maximum Gasteiger partial charge on any atom is 0.333 e. The monoisotopic (exact) mass is 382 g/mol. The predicted molar refractivity (Wildman–Crippen MR) is 101 cm³/mol. The van der Waals surface area contributed by atoms with Crippen LogP contribution in [0.4, 0.5) is 10.5 Å². The Morgan fingerprint density at radius 2 is 1.50 bits per heavy atom. The summed E-state index contributed by atoms with van der Waals surface area (Å²) in [6.07, 6.45) is 1.47. The number of imide groups is 2. The number of amides is 4. The number of benzene rings is 1. The van der Waals surface area contributed by atoms with E-state index in [0.717, 1.165) is 26.9 Å². The molecule has 1 aromatic carbocycles. The van der Waals surface area contributed by atoms with E-state index < -0.39 is 22.8 Å². The molecule has 0 radical (unpaired) electrons. The second-order valence-corrected chi connectivity index (χ2v) is 6.50. The number of aromatic nitrogens is 1. The molecule has 144 valence electrons. The van der Waals surface area contributed by atoms with Crippen molar-refractivity contribution in [2.24, 2.45) is 0 Å². The smallest absolute Gasteiger partial charge is 0.318 e. The molecular formula is C19H18N4O5. The molecule has 0 unspecified atom stereocenters. The molecule has 1 aromatic heterocycles. The van der Waals surface area contributed by atoms with Gasteiger partial charge in [-0.25, -0.2) is 4.79 Å². The molecule has 0 N–H and O–H groups in total. The van der Waals surface area contributed by atoms with E-state index in [-0.39, 0.29) is 11.3 Å². The van der Waals surface area contributed by atoms with Gasteiger partial charge >= 0.3 is 6.03 Å². The Morgan fingerprint density at radius 3 is 2.00 bits per heavy atom. The first kappa shape index (κ1) is 19.0. The standard InChI is InChI=1S/C19H18N4O5/c1-11-9-13(10-16-17(24)20(3)19(26)21(4)18(16)25)12(2)22(11)14-5-7-15(8-6-14)23(27)28/h5-10H,1-4H3. The zero-order valence-corrected chi connectivity index (χ0v) is 15.8. The number of likely N-dealkylation sites (N-methyl/N-ethyl adjacent to an activating group) is 2. The van der Waals surface area contributed by atoms with Crippen LogP contribution >= 0.6 is 0 Å². The molecular weight excluding hydrogens is 364 g/mol. The minimum atomic E-state index is -0.677. The summed E-state index contributed by atoms with van der Waals surface area (Å²) in [5.41, 5.74) is 2.82. The summed E-state index contributed by atoms with van der Waals surface area (Å²) in [7, 11) is 2.64. The summed E-state index contributed by atoms with van der Waals surface area (Å²) < 4.78 is 1.87. The average molecular weight is 382 g/mol. The second kappa shape index (κ2) is 6.76. The maximum atomic E-state index is 12.4. The molecule has 2 heterocycles. The number of carbonyl (C=O) groups excluding carboxylic acids is 3. The third kappa shape index (κ3) is 2.96. The van der Waals surface area contributed by atoms with E-state index in [0.29, 0.717) is 5.56 Å². The number of hydrogen-bond acceptors (Lipinski definition) is 5. The van der Waals surface area contributed by atoms with Crippen molar-refractivity contribution in [1.82, 2.24) is 14.4 Å². The summed E-state index contributed by atoms with van der Waals surface area (Å²) >= 11 is 0. The zero-order chi connectivity index (χ0) is 20.7. The number of barbiturate groups is 1. The Balaban J connectivity index is 2.05. The van der Waals surface area contributed by atoms with Crippen LogP contribution in [-0.2, 0) is 9.59 Å². The molecule has 0 aliphatic carbocycles. The zero-order valence-electron chi connectivity index (χ0n) is 15.8. The molecule has 0 spiro atoms. The molecule has 0 saturated carbocycles. The molecule has 1 saturated heterocycles. The minimum absolute atomic E-state index is 0.0114. The van der Waals surface area contributed by atoms with E-state index in [1.807, 2.05) is 18.4 Å². The molecule has 9 heteroatoms. The maximum absolute atomic E-state index is 12.4. The van der Waals surface area contributed by atoms with Crippen molar-refractivity contribution in [2.45, 2.75) is 13.8 Å². The molecule has 3 rings (SSSR count). The van der Waals surface area contributed by atoms with Gasteiger partial charge in [0.25, 0.3) is 17.5 Å². The number of urea groups is 1. The Labute approximate surface area is 160 Å². The lowest BCUT2D eigenvalue weighted by Gasteiger charge is -2.28. The first-order valence-electron chi connectivity index (χ1n) is 8.39. The summed E-state index contributed by atoms with van der Waals surface area (Å²) in [6.45, 7) is 3.67. The number of nitrogens with zero attached hydrogens (tertiary/aromatic N) is 4. The third-order valence-electron chi connectivity index (χ3n) is 4.73. The number of rotatable bonds is 3. The number of non-ortho nitro benzene ring substituents is 1. The lowest BCUT2D eigenvalue weighted by Crippen LogP contribution is -2.52. The van der Waals surface area contributed by atoms with Crippen molar-refractivity contribution in [1.29, 1.82) is 0 Å². The van der Waals surface area contributed by atoms with E-state index in [4.69, 9.17) is 0 Å². The summed E-state index contributed by atoms with van der Waals surface area (Å²) in [6, 6.07) is 7.22. The number of nitro benzene ring substituents is 1. The number of aryl methyl sites for hydroxylation is 1. The molecule has 2 aromatic rings. The topological polar surface area (TPSA) is 106 Å². The van der Waals surface area contributed by atoms with E-state index in [1.165, 1.54) is 32.3 Å². The lowest BCUT2D eigenvalue weighted by atomic mass is 10.1.